The smallest absolute Gasteiger partial charge is 0.231 e. The van der Waals surface area contributed by atoms with Gasteiger partial charge >= 0.3 is 0 Å². The molecule has 0 saturated carbocycles. The fraction of sp³-hybridized carbons (Fsp3) is 0.150. The van der Waals surface area contributed by atoms with Crippen LogP contribution in [0.1, 0.15) is 11.3 Å². The molecule has 1 aliphatic rings. The highest BCUT2D eigenvalue weighted by Gasteiger charge is 2.15. The van der Waals surface area contributed by atoms with Crippen LogP contribution in [0.5, 0.6) is 23.0 Å². The van der Waals surface area contributed by atoms with Crippen LogP contribution in [0.25, 0.3) is 22.9 Å². The largest absolute Gasteiger partial charge is 0.493 e. The van der Waals surface area contributed by atoms with Crippen molar-refractivity contribution in [3.8, 4) is 23.0 Å². The van der Waals surface area contributed by atoms with Gasteiger partial charge in [-0.2, -0.15) is 0 Å². The van der Waals surface area contributed by atoms with E-state index < -0.39 is 0 Å². The summed E-state index contributed by atoms with van der Waals surface area (Å²) in [6.45, 7) is 0.260. The minimum absolute atomic E-state index is 0.260. The molecule has 0 spiro atoms. The van der Waals surface area contributed by atoms with E-state index in [9.17, 15) is 0 Å². The summed E-state index contributed by atoms with van der Waals surface area (Å²) < 4.78 is 21.5. The Morgan fingerprint density at radius 1 is 0.920 bits per heavy atom. The van der Waals surface area contributed by atoms with Gasteiger partial charge in [-0.05, 0) is 47.4 Å². The van der Waals surface area contributed by atoms with Crippen molar-refractivity contribution in [1.29, 1.82) is 0 Å². The van der Waals surface area contributed by atoms with Gasteiger partial charge in [0.1, 0.15) is 0 Å². The minimum Gasteiger partial charge on any atom is -0.493 e. The topological polar surface area (TPSA) is 49.8 Å². The predicted molar refractivity (Wildman–Crippen MR) is 96.3 cm³/mol. The number of rotatable bonds is 4. The molecule has 0 atom stereocenters. The quantitative estimate of drug-likeness (QED) is 0.717. The first-order chi connectivity index (χ1) is 12.3. The molecule has 0 radical (unpaired) electrons. The number of aromatic nitrogens is 1. The number of pyridine rings is 1. The molecule has 1 aliphatic heterocycles. The molecule has 0 fully saturated rings. The zero-order valence-corrected chi connectivity index (χ0v) is 14.0. The van der Waals surface area contributed by atoms with Gasteiger partial charge in [0, 0.05) is 11.6 Å². The summed E-state index contributed by atoms with van der Waals surface area (Å²) in [4.78, 5) is 4.48. The van der Waals surface area contributed by atoms with Gasteiger partial charge in [0.25, 0.3) is 0 Å². The standard InChI is InChI=1S/C20H17NO4/c1-22-17-6-4-13(9-18(17)23-2)3-5-16-15-11-20-19(24-12-25-20)10-14(15)7-8-21-16/h3-11H,12H2,1-2H3/b5-3+. The van der Waals surface area contributed by atoms with E-state index in [1.54, 1.807) is 20.4 Å². The van der Waals surface area contributed by atoms with Crippen molar-refractivity contribution in [2.24, 2.45) is 0 Å². The summed E-state index contributed by atoms with van der Waals surface area (Å²) in [5.41, 5.74) is 1.86. The van der Waals surface area contributed by atoms with Gasteiger partial charge in [-0.1, -0.05) is 12.1 Å². The predicted octanol–water partition coefficient (Wildman–Crippen LogP) is 4.15. The van der Waals surface area contributed by atoms with Crippen LogP contribution in [0.15, 0.2) is 42.6 Å². The lowest BCUT2D eigenvalue weighted by Gasteiger charge is -2.08. The third-order valence-corrected chi connectivity index (χ3v) is 4.13. The van der Waals surface area contributed by atoms with Crippen LogP contribution < -0.4 is 18.9 Å². The number of ether oxygens (including phenoxy) is 4. The van der Waals surface area contributed by atoms with Gasteiger partial charge in [0.2, 0.25) is 6.79 Å². The maximum absolute atomic E-state index is 5.48. The molecular weight excluding hydrogens is 318 g/mol. The molecular formula is C20H17NO4. The molecule has 2 heterocycles. The van der Waals surface area contributed by atoms with Gasteiger partial charge in [0.15, 0.2) is 23.0 Å². The van der Waals surface area contributed by atoms with Gasteiger partial charge < -0.3 is 18.9 Å². The molecule has 0 bridgehead atoms. The van der Waals surface area contributed by atoms with Crippen LogP contribution >= 0.6 is 0 Å². The summed E-state index contributed by atoms with van der Waals surface area (Å²) in [5, 5.41) is 2.08. The number of benzene rings is 2. The van der Waals surface area contributed by atoms with Crippen molar-refractivity contribution in [1.82, 2.24) is 4.98 Å². The van der Waals surface area contributed by atoms with E-state index in [1.807, 2.05) is 48.6 Å². The van der Waals surface area contributed by atoms with Gasteiger partial charge in [-0.15, -0.1) is 0 Å². The Morgan fingerprint density at radius 3 is 2.52 bits per heavy atom. The third kappa shape index (κ3) is 2.85. The highest BCUT2D eigenvalue weighted by molar-refractivity contribution is 5.93. The van der Waals surface area contributed by atoms with Crippen molar-refractivity contribution in [3.63, 3.8) is 0 Å². The third-order valence-electron chi connectivity index (χ3n) is 4.13. The fourth-order valence-corrected chi connectivity index (χ4v) is 2.85. The van der Waals surface area contributed by atoms with Crippen LogP contribution in [-0.4, -0.2) is 26.0 Å². The summed E-state index contributed by atoms with van der Waals surface area (Å²) >= 11 is 0. The van der Waals surface area contributed by atoms with Crippen molar-refractivity contribution in [3.05, 3.63) is 53.9 Å². The molecule has 1 aromatic heterocycles. The van der Waals surface area contributed by atoms with Crippen LogP contribution in [0, 0.1) is 0 Å². The number of nitrogens with zero attached hydrogens (tertiary/aromatic N) is 1. The van der Waals surface area contributed by atoms with E-state index in [0.29, 0.717) is 11.5 Å². The molecule has 0 aliphatic carbocycles. The number of hydrogen-bond acceptors (Lipinski definition) is 5. The normalized spacial score (nSPS) is 12.7. The second-order valence-corrected chi connectivity index (χ2v) is 5.57. The molecule has 5 nitrogen and oxygen atoms in total. The summed E-state index contributed by atoms with van der Waals surface area (Å²) in [7, 11) is 3.25. The lowest BCUT2D eigenvalue weighted by Crippen LogP contribution is -1.92. The fourth-order valence-electron chi connectivity index (χ4n) is 2.85. The Labute approximate surface area is 145 Å². The Bertz CT molecular complexity index is 965. The summed E-state index contributed by atoms with van der Waals surface area (Å²) in [6.07, 6.45) is 5.76. The highest BCUT2D eigenvalue weighted by Crippen LogP contribution is 2.37. The number of fused-ring (bicyclic) bond motifs is 2. The van der Waals surface area contributed by atoms with E-state index in [1.165, 1.54) is 0 Å². The maximum Gasteiger partial charge on any atom is 0.231 e. The van der Waals surface area contributed by atoms with E-state index in [2.05, 4.69) is 4.98 Å². The van der Waals surface area contributed by atoms with Crippen molar-refractivity contribution in [2.75, 3.05) is 21.0 Å². The lowest BCUT2D eigenvalue weighted by molar-refractivity contribution is 0.174. The zero-order valence-electron chi connectivity index (χ0n) is 14.0. The van der Waals surface area contributed by atoms with Crippen molar-refractivity contribution in [2.45, 2.75) is 0 Å². The second-order valence-electron chi connectivity index (χ2n) is 5.57. The van der Waals surface area contributed by atoms with Crippen LogP contribution in [0.3, 0.4) is 0 Å². The van der Waals surface area contributed by atoms with Crippen molar-refractivity contribution < 1.29 is 18.9 Å². The summed E-state index contributed by atoms with van der Waals surface area (Å²) in [5.74, 6) is 2.92. The molecule has 25 heavy (non-hydrogen) atoms. The lowest BCUT2D eigenvalue weighted by atomic mass is 10.1. The van der Waals surface area contributed by atoms with Crippen LogP contribution in [-0.2, 0) is 0 Å². The van der Waals surface area contributed by atoms with Gasteiger partial charge in [-0.3, -0.25) is 4.98 Å². The van der Waals surface area contributed by atoms with Crippen LogP contribution in [0.2, 0.25) is 0 Å². The average Bonchev–Trinajstić information content (AvgIpc) is 3.11. The number of methoxy groups -OCH3 is 2. The van der Waals surface area contributed by atoms with Crippen LogP contribution in [0.4, 0.5) is 0 Å². The second kappa shape index (κ2) is 6.36. The molecule has 2 aromatic carbocycles. The molecule has 0 saturated heterocycles. The minimum atomic E-state index is 0.260. The van der Waals surface area contributed by atoms with Gasteiger partial charge in [-0.25, -0.2) is 0 Å². The molecule has 3 aromatic rings. The molecule has 0 amide bonds. The first-order valence-corrected chi connectivity index (χ1v) is 7.87. The van der Waals surface area contributed by atoms with Gasteiger partial charge in [0.05, 0.1) is 19.9 Å². The molecule has 4 rings (SSSR count). The van der Waals surface area contributed by atoms with E-state index in [-0.39, 0.29) is 6.79 Å². The SMILES string of the molecule is COc1ccc(/C=C/c2nccc3cc4c(cc23)OCO4)cc1OC. The Kier molecular flexibility index (Phi) is 3.90. The zero-order chi connectivity index (χ0) is 17.2. The first kappa shape index (κ1) is 15.3. The Hall–Kier alpha value is -3.21. The Balaban J connectivity index is 1.72. The average molecular weight is 335 g/mol. The Morgan fingerprint density at radius 2 is 1.72 bits per heavy atom. The van der Waals surface area contributed by atoms with E-state index in [0.717, 1.165) is 33.5 Å². The van der Waals surface area contributed by atoms with E-state index in [4.69, 9.17) is 18.9 Å². The maximum atomic E-state index is 5.48. The summed E-state index contributed by atoms with van der Waals surface area (Å²) in [6, 6.07) is 11.7. The molecule has 5 heteroatoms. The monoisotopic (exact) mass is 335 g/mol. The first-order valence-electron chi connectivity index (χ1n) is 7.87. The molecule has 126 valence electrons. The molecule has 0 unspecified atom stereocenters. The van der Waals surface area contributed by atoms with Crippen molar-refractivity contribution >= 4 is 22.9 Å². The molecule has 0 N–H and O–H groups in total. The van der Waals surface area contributed by atoms with E-state index >= 15 is 0 Å². The number of hydrogen-bond donors (Lipinski definition) is 0. The highest BCUT2D eigenvalue weighted by atomic mass is 16.7.